The maximum Gasteiger partial charge on any atom is 0.151 e. The summed E-state index contributed by atoms with van der Waals surface area (Å²) in [4.78, 5) is 8.22. The van der Waals surface area contributed by atoms with Crippen LogP contribution in [-0.2, 0) is 19.4 Å². The third-order valence-electron chi connectivity index (χ3n) is 4.54. The smallest absolute Gasteiger partial charge is 0.151 e. The maximum atomic E-state index is 10.1. The van der Waals surface area contributed by atoms with Crippen molar-refractivity contribution in [2.24, 2.45) is 0 Å². The summed E-state index contributed by atoms with van der Waals surface area (Å²) in [6.07, 6.45) is 3.99. The topological polar surface area (TPSA) is 66.7 Å². The first-order chi connectivity index (χ1) is 12.1. The molecule has 0 amide bonds. The highest BCUT2D eigenvalue weighted by molar-refractivity contribution is 7.98. The van der Waals surface area contributed by atoms with Gasteiger partial charge in [0.05, 0.1) is 12.6 Å². The minimum absolute atomic E-state index is 0.391. The van der Waals surface area contributed by atoms with Gasteiger partial charge in [-0.15, -0.1) is 0 Å². The Morgan fingerprint density at radius 2 is 2.12 bits per heavy atom. The monoisotopic (exact) mass is 358 g/mol. The van der Waals surface area contributed by atoms with E-state index >= 15 is 0 Å². The van der Waals surface area contributed by atoms with Crippen molar-refractivity contribution in [1.29, 1.82) is 0 Å². The van der Waals surface area contributed by atoms with Crippen LogP contribution in [0.1, 0.15) is 36.3 Å². The molecule has 25 heavy (non-hydrogen) atoms. The summed E-state index contributed by atoms with van der Waals surface area (Å²) < 4.78 is 1.89. The molecule has 0 spiro atoms. The van der Waals surface area contributed by atoms with Crippen LogP contribution in [-0.4, -0.2) is 43.0 Å². The second-order valence-electron chi connectivity index (χ2n) is 6.38. The molecule has 5 nitrogen and oxygen atoms in total. The SMILES string of the molecule is CC[C@@H](O)Cn1nc(CCSC)nc1Cc1c(C)[nH]c2ccccc12. The van der Waals surface area contributed by atoms with E-state index in [0.717, 1.165) is 41.5 Å². The Balaban J connectivity index is 1.93. The van der Waals surface area contributed by atoms with Gasteiger partial charge in [0.15, 0.2) is 5.82 Å². The molecule has 0 aliphatic heterocycles. The molecule has 3 rings (SSSR count). The van der Waals surface area contributed by atoms with Crippen LogP contribution in [0.2, 0.25) is 0 Å². The number of aromatic amines is 1. The van der Waals surface area contributed by atoms with Gasteiger partial charge in [-0.3, -0.25) is 0 Å². The van der Waals surface area contributed by atoms with E-state index in [9.17, 15) is 5.11 Å². The summed E-state index contributed by atoms with van der Waals surface area (Å²) in [7, 11) is 0. The second kappa shape index (κ2) is 8.06. The number of aromatic nitrogens is 4. The number of aliphatic hydroxyl groups excluding tert-OH is 1. The predicted octanol–water partition coefficient (Wildman–Crippen LogP) is 3.34. The molecule has 0 radical (unpaired) electrons. The van der Waals surface area contributed by atoms with Crippen molar-refractivity contribution in [2.45, 2.75) is 45.8 Å². The normalized spacial score (nSPS) is 12.8. The largest absolute Gasteiger partial charge is 0.391 e. The number of H-pyrrole nitrogens is 1. The highest BCUT2D eigenvalue weighted by Crippen LogP contribution is 2.24. The molecule has 0 aliphatic rings. The molecule has 0 unspecified atom stereocenters. The molecule has 6 heteroatoms. The van der Waals surface area contributed by atoms with E-state index in [2.05, 4.69) is 41.5 Å². The van der Waals surface area contributed by atoms with Gasteiger partial charge in [0.2, 0.25) is 0 Å². The summed E-state index contributed by atoms with van der Waals surface area (Å²) in [5.74, 6) is 2.80. The Labute approximate surface area is 152 Å². The van der Waals surface area contributed by atoms with E-state index in [1.807, 2.05) is 17.7 Å². The van der Waals surface area contributed by atoms with Crippen molar-refractivity contribution >= 4 is 22.7 Å². The third kappa shape index (κ3) is 4.07. The van der Waals surface area contributed by atoms with Crippen LogP contribution in [0.3, 0.4) is 0 Å². The average molecular weight is 359 g/mol. The van der Waals surface area contributed by atoms with E-state index in [1.54, 1.807) is 11.8 Å². The zero-order chi connectivity index (χ0) is 17.8. The van der Waals surface area contributed by atoms with Gasteiger partial charge in [-0.1, -0.05) is 25.1 Å². The van der Waals surface area contributed by atoms with Gasteiger partial charge in [0.25, 0.3) is 0 Å². The average Bonchev–Trinajstić information content (AvgIpc) is 3.14. The minimum atomic E-state index is -0.391. The van der Waals surface area contributed by atoms with Gasteiger partial charge in [-0.05, 0) is 31.2 Å². The fourth-order valence-corrected chi connectivity index (χ4v) is 3.44. The molecule has 0 fully saturated rings. The second-order valence-corrected chi connectivity index (χ2v) is 7.37. The number of nitrogens with one attached hydrogen (secondary N) is 1. The Kier molecular flexibility index (Phi) is 5.81. The van der Waals surface area contributed by atoms with Crippen molar-refractivity contribution in [3.8, 4) is 0 Å². The molecule has 2 aromatic heterocycles. The first-order valence-corrected chi connectivity index (χ1v) is 10.2. The molecule has 2 heterocycles. The Hall–Kier alpha value is -1.79. The molecule has 3 aromatic rings. The van der Waals surface area contributed by atoms with Gasteiger partial charge in [-0.2, -0.15) is 16.9 Å². The number of hydrogen-bond donors (Lipinski definition) is 2. The van der Waals surface area contributed by atoms with Crippen LogP contribution >= 0.6 is 11.8 Å². The van der Waals surface area contributed by atoms with Crippen LogP contribution in [0.15, 0.2) is 24.3 Å². The van der Waals surface area contributed by atoms with Gasteiger partial charge in [-0.25, -0.2) is 9.67 Å². The number of aliphatic hydroxyl groups is 1. The minimum Gasteiger partial charge on any atom is -0.391 e. The molecule has 1 atom stereocenters. The summed E-state index contributed by atoms with van der Waals surface area (Å²) in [5, 5.41) is 16.0. The molecule has 0 saturated heterocycles. The summed E-state index contributed by atoms with van der Waals surface area (Å²) in [6, 6.07) is 8.35. The van der Waals surface area contributed by atoms with Gasteiger partial charge in [0, 0.05) is 35.2 Å². The van der Waals surface area contributed by atoms with Crippen LogP contribution in [0.25, 0.3) is 10.9 Å². The summed E-state index contributed by atoms with van der Waals surface area (Å²) >= 11 is 1.80. The van der Waals surface area contributed by atoms with E-state index in [-0.39, 0.29) is 0 Å². The van der Waals surface area contributed by atoms with Crippen molar-refractivity contribution in [3.05, 3.63) is 47.2 Å². The zero-order valence-electron chi connectivity index (χ0n) is 15.1. The lowest BCUT2D eigenvalue weighted by atomic mass is 10.1. The summed E-state index contributed by atoms with van der Waals surface area (Å²) in [6.45, 7) is 4.59. The number of para-hydroxylation sites is 1. The highest BCUT2D eigenvalue weighted by Gasteiger charge is 2.16. The lowest BCUT2D eigenvalue weighted by Gasteiger charge is -2.10. The van der Waals surface area contributed by atoms with Crippen molar-refractivity contribution in [1.82, 2.24) is 19.7 Å². The lowest BCUT2D eigenvalue weighted by Crippen LogP contribution is -2.18. The molecule has 0 aliphatic carbocycles. The maximum absolute atomic E-state index is 10.1. The molecule has 1 aromatic carbocycles. The number of aryl methyl sites for hydroxylation is 2. The van der Waals surface area contributed by atoms with E-state index in [1.165, 1.54) is 10.9 Å². The molecule has 134 valence electrons. The zero-order valence-corrected chi connectivity index (χ0v) is 15.9. The van der Waals surface area contributed by atoms with E-state index in [0.29, 0.717) is 13.0 Å². The fourth-order valence-electron chi connectivity index (χ4n) is 3.05. The predicted molar refractivity (Wildman–Crippen MR) is 104 cm³/mol. The summed E-state index contributed by atoms with van der Waals surface area (Å²) in [5.41, 5.74) is 3.57. The molecular weight excluding hydrogens is 332 g/mol. The third-order valence-corrected chi connectivity index (χ3v) is 5.15. The molecule has 0 bridgehead atoms. The number of hydrogen-bond acceptors (Lipinski definition) is 4. The molecular formula is C19H26N4OS. The van der Waals surface area contributed by atoms with Gasteiger partial charge in [0.1, 0.15) is 5.82 Å². The number of benzene rings is 1. The van der Waals surface area contributed by atoms with Crippen molar-refractivity contribution < 1.29 is 5.11 Å². The molecule has 2 N–H and O–H groups in total. The van der Waals surface area contributed by atoms with Gasteiger partial charge >= 0.3 is 0 Å². The Morgan fingerprint density at radius 1 is 1.32 bits per heavy atom. The Bertz CT molecular complexity index is 839. The van der Waals surface area contributed by atoms with Crippen LogP contribution in [0, 0.1) is 6.92 Å². The van der Waals surface area contributed by atoms with Gasteiger partial charge < -0.3 is 10.1 Å². The van der Waals surface area contributed by atoms with Crippen LogP contribution in [0.5, 0.6) is 0 Å². The first-order valence-electron chi connectivity index (χ1n) is 8.78. The Morgan fingerprint density at radius 3 is 2.88 bits per heavy atom. The fraction of sp³-hybridized carbons (Fsp3) is 0.474. The highest BCUT2D eigenvalue weighted by atomic mass is 32.2. The number of fused-ring (bicyclic) bond motifs is 1. The first kappa shape index (κ1) is 18.0. The van der Waals surface area contributed by atoms with Crippen molar-refractivity contribution in [3.63, 3.8) is 0 Å². The quantitative estimate of drug-likeness (QED) is 0.648. The number of nitrogens with zero attached hydrogens (tertiary/aromatic N) is 3. The van der Waals surface area contributed by atoms with E-state index in [4.69, 9.17) is 4.98 Å². The van der Waals surface area contributed by atoms with E-state index < -0.39 is 6.10 Å². The van der Waals surface area contributed by atoms with Crippen LogP contribution < -0.4 is 0 Å². The number of rotatable bonds is 8. The standard InChI is InChI=1S/C19H26N4OS/c1-4-14(24)12-23-19(21-18(22-23)9-10-25-3)11-16-13(2)20-17-8-6-5-7-15(16)17/h5-8,14,20,24H,4,9-12H2,1-3H3/t14-/m1/s1. The van der Waals surface area contributed by atoms with Crippen LogP contribution in [0.4, 0.5) is 0 Å². The van der Waals surface area contributed by atoms with Crippen molar-refractivity contribution in [2.75, 3.05) is 12.0 Å². The lowest BCUT2D eigenvalue weighted by molar-refractivity contribution is 0.144. The number of thioether (sulfide) groups is 1. The molecule has 0 saturated carbocycles.